The molecule has 2 rings (SSSR count). The first-order valence-electron chi connectivity index (χ1n) is 3.21. The van der Waals surface area contributed by atoms with E-state index in [2.05, 4.69) is 44.2 Å². The zero-order valence-electron chi connectivity index (χ0n) is 5.59. The van der Waals surface area contributed by atoms with E-state index in [4.69, 9.17) is 0 Å². The number of hydrogen-bond acceptors (Lipinski definition) is 0. The van der Waals surface area contributed by atoms with Crippen LogP contribution in [0.4, 0.5) is 0 Å². The second-order valence-corrected chi connectivity index (χ2v) is 3.92. The van der Waals surface area contributed by atoms with E-state index in [9.17, 15) is 0 Å². The first-order chi connectivity index (χ1) is 5.29. The van der Waals surface area contributed by atoms with Gasteiger partial charge in [0.05, 0.1) is 21.7 Å². The SMILES string of the molecule is Brc1cccc2c1ccn2Br. The Morgan fingerprint density at radius 2 is 2.00 bits per heavy atom. The van der Waals surface area contributed by atoms with Gasteiger partial charge in [-0.1, -0.05) is 22.0 Å². The summed E-state index contributed by atoms with van der Waals surface area (Å²) in [6.07, 6.45) is 1.98. The van der Waals surface area contributed by atoms with Gasteiger partial charge in [-0.15, -0.1) is 0 Å². The summed E-state index contributed by atoms with van der Waals surface area (Å²) in [5.74, 6) is 0. The highest BCUT2D eigenvalue weighted by molar-refractivity contribution is 9.10. The van der Waals surface area contributed by atoms with Crippen molar-refractivity contribution in [3.63, 3.8) is 0 Å². The lowest BCUT2D eigenvalue weighted by Crippen LogP contribution is -1.73. The smallest absolute Gasteiger partial charge is 0.0602 e. The van der Waals surface area contributed by atoms with E-state index in [-0.39, 0.29) is 0 Å². The van der Waals surface area contributed by atoms with Crippen LogP contribution in [0.3, 0.4) is 0 Å². The highest BCUT2D eigenvalue weighted by Crippen LogP contribution is 2.25. The maximum Gasteiger partial charge on any atom is 0.0602 e. The van der Waals surface area contributed by atoms with Crippen molar-refractivity contribution in [2.75, 3.05) is 0 Å². The van der Waals surface area contributed by atoms with Crippen LogP contribution in [0.2, 0.25) is 0 Å². The fraction of sp³-hybridized carbons (Fsp3) is 0. The van der Waals surface area contributed by atoms with Crippen LogP contribution in [-0.4, -0.2) is 3.59 Å². The third kappa shape index (κ3) is 1.12. The predicted octanol–water partition coefficient (Wildman–Crippen LogP) is 3.56. The molecule has 0 aliphatic rings. The molecule has 11 heavy (non-hydrogen) atoms. The summed E-state index contributed by atoms with van der Waals surface area (Å²) in [5.41, 5.74) is 1.18. The van der Waals surface area contributed by atoms with Crippen LogP contribution in [0.1, 0.15) is 0 Å². The van der Waals surface area contributed by atoms with Crippen molar-refractivity contribution in [2.24, 2.45) is 0 Å². The molecule has 1 aromatic carbocycles. The van der Waals surface area contributed by atoms with Crippen molar-refractivity contribution in [1.29, 1.82) is 0 Å². The van der Waals surface area contributed by atoms with Crippen LogP contribution >= 0.6 is 32.1 Å². The summed E-state index contributed by atoms with van der Waals surface area (Å²) in [6.45, 7) is 0. The molecule has 56 valence electrons. The van der Waals surface area contributed by atoms with E-state index in [1.165, 1.54) is 10.9 Å². The topological polar surface area (TPSA) is 4.93 Å². The molecule has 0 aliphatic heterocycles. The van der Waals surface area contributed by atoms with Gasteiger partial charge in [0.15, 0.2) is 0 Å². The van der Waals surface area contributed by atoms with Gasteiger partial charge in [-0.2, -0.15) is 0 Å². The van der Waals surface area contributed by atoms with Gasteiger partial charge >= 0.3 is 0 Å². The first kappa shape index (κ1) is 7.37. The Morgan fingerprint density at radius 3 is 2.73 bits per heavy atom. The molecule has 0 saturated carbocycles. The number of rotatable bonds is 0. The van der Waals surface area contributed by atoms with E-state index in [1.54, 1.807) is 0 Å². The van der Waals surface area contributed by atoms with Gasteiger partial charge in [0.2, 0.25) is 0 Å². The van der Waals surface area contributed by atoms with E-state index < -0.39 is 0 Å². The Morgan fingerprint density at radius 1 is 1.18 bits per heavy atom. The number of hydrogen-bond donors (Lipinski definition) is 0. The molecule has 3 heteroatoms. The van der Waals surface area contributed by atoms with Crippen molar-refractivity contribution >= 4 is 43.0 Å². The Hall–Kier alpha value is -0.280. The van der Waals surface area contributed by atoms with E-state index in [0.29, 0.717) is 0 Å². The minimum atomic E-state index is 1.13. The molecule has 0 aliphatic carbocycles. The van der Waals surface area contributed by atoms with Gasteiger partial charge in [0.1, 0.15) is 0 Å². The highest BCUT2D eigenvalue weighted by atomic mass is 79.9. The van der Waals surface area contributed by atoms with Gasteiger partial charge in [0, 0.05) is 16.1 Å². The number of fused-ring (bicyclic) bond motifs is 1. The molecule has 2 aromatic rings. The van der Waals surface area contributed by atoms with Gasteiger partial charge in [0.25, 0.3) is 0 Å². The normalized spacial score (nSPS) is 10.7. The van der Waals surface area contributed by atoms with Crippen LogP contribution in [0, 0.1) is 0 Å². The van der Waals surface area contributed by atoms with Crippen molar-refractivity contribution in [3.8, 4) is 0 Å². The molecule has 0 saturated heterocycles. The molecule has 1 nitrogen and oxygen atoms in total. The number of nitrogens with zero attached hydrogens (tertiary/aromatic N) is 1. The van der Waals surface area contributed by atoms with Gasteiger partial charge < -0.3 is 0 Å². The summed E-state index contributed by atoms with van der Waals surface area (Å²) in [6, 6.07) is 8.18. The molecule has 0 bridgehead atoms. The average molecular weight is 275 g/mol. The first-order valence-corrected chi connectivity index (χ1v) is 4.71. The van der Waals surface area contributed by atoms with Crippen LogP contribution in [0.5, 0.6) is 0 Å². The number of halogens is 2. The fourth-order valence-corrected chi connectivity index (χ4v) is 2.01. The average Bonchev–Trinajstić information content (AvgIpc) is 2.35. The fourth-order valence-electron chi connectivity index (χ4n) is 1.10. The third-order valence-electron chi connectivity index (χ3n) is 1.63. The second-order valence-electron chi connectivity index (χ2n) is 2.30. The van der Waals surface area contributed by atoms with Gasteiger partial charge in [-0.05, 0) is 18.2 Å². The second kappa shape index (κ2) is 2.64. The molecular formula is C8H5Br2N. The molecule has 0 fully saturated rings. The van der Waals surface area contributed by atoms with Gasteiger partial charge in [-0.25, -0.2) is 0 Å². The number of aromatic nitrogens is 1. The zero-order valence-corrected chi connectivity index (χ0v) is 8.76. The van der Waals surface area contributed by atoms with Gasteiger partial charge in [-0.3, -0.25) is 3.59 Å². The zero-order chi connectivity index (χ0) is 7.84. The Kier molecular flexibility index (Phi) is 1.77. The molecule has 1 heterocycles. The van der Waals surface area contributed by atoms with Crippen LogP contribution in [0.25, 0.3) is 10.9 Å². The van der Waals surface area contributed by atoms with Crippen molar-refractivity contribution in [2.45, 2.75) is 0 Å². The summed E-state index contributed by atoms with van der Waals surface area (Å²) in [4.78, 5) is 0. The lowest BCUT2D eigenvalue weighted by Gasteiger charge is -1.94. The third-order valence-corrected chi connectivity index (χ3v) is 2.94. The molecule has 1 aromatic heterocycles. The van der Waals surface area contributed by atoms with Crippen molar-refractivity contribution < 1.29 is 0 Å². The maximum atomic E-state index is 3.48. The lowest BCUT2D eigenvalue weighted by molar-refractivity contribution is 1.39. The molecule has 0 N–H and O–H groups in total. The highest BCUT2D eigenvalue weighted by Gasteiger charge is 1.99. The predicted molar refractivity (Wildman–Crippen MR) is 54.0 cm³/mol. The minimum Gasteiger partial charge on any atom is -0.284 e. The van der Waals surface area contributed by atoms with Crippen molar-refractivity contribution in [1.82, 2.24) is 3.59 Å². The molecule has 0 amide bonds. The van der Waals surface area contributed by atoms with Crippen LogP contribution in [0.15, 0.2) is 34.9 Å². The monoisotopic (exact) mass is 273 g/mol. The van der Waals surface area contributed by atoms with E-state index in [1.807, 2.05) is 21.9 Å². The molecule has 0 spiro atoms. The quantitative estimate of drug-likeness (QED) is 0.692. The maximum absolute atomic E-state index is 3.48. The molecule has 0 radical (unpaired) electrons. The molecule has 0 unspecified atom stereocenters. The Balaban J connectivity index is 2.94. The van der Waals surface area contributed by atoms with Crippen molar-refractivity contribution in [3.05, 3.63) is 34.9 Å². The lowest BCUT2D eigenvalue weighted by atomic mass is 10.3. The van der Waals surface area contributed by atoms with Crippen LogP contribution in [-0.2, 0) is 0 Å². The van der Waals surface area contributed by atoms with E-state index in [0.717, 1.165) is 4.47 Å². The van der Waals surface area contributed by atoms with E-state index >= 15 is 0 Å². The van der Waals surface area contributed by atoms with Crippen LogP contribution < -0.4 is 0 Å². The summed E-state index contributed by atoms with van der Waals surface area (Å²) >= 11 is 6.87. The standard InChI is InChI=1S/C8H5Br2N/c9-7-2-1-3-8-6(7)4-5-11(8)10/h1-5H. The number of benzene rings is 1. The summed E-state index contributed by atoms with van der Waals surface area (Å²) < 4.78 is 3.06. The molecule has 0 atom stereocenters. The summed E-state index contributed by atoms with van der Waals surface area (Å²) in [7, 11) is 0. The minimum absolute atomic E-state index is 1.13. The Bertz CT molecular complexity index is 392. The summed E-state index contributed by atoms with van der Waals surface area (Å²) in [5, 5.41) is 1.23. The largest absolute Gasteiger partial charge is 0.284 e. The Labute approximate surface area is 81.5 Å². The molecular weight excluding hydrogens is 270 g/mol.